The van der Waals surface area contributed by atoms with E-state index in [1.807, 2.05) is 20.8 Å². The SMILES string of the molecule is CCCNC(=NC)NCC(CC)(CC)NC(=O)OC(C)(C)C. The molecule has 0 radical (unpaired) electrons. The van der Waals surface area contributed by atoms with Crippen molar-refractivity contribution in [2.24, 2.45) is 4.99 Å². The van der Waals surface area contributed by atoms with E-state index in [1.165, 1.54) is 0 Å². The second-order valence-corrected chi connectivity index (χ2v) is 6.47. The minimum atomic E-state index is -0.497. The lowest BCUT2D eigenvalue weighted by molar-refractivity contribution is 0.0448. The molecular weight excluding hydrogens is 280 g/mol. The number of carbonyl (C=O) groups excluding carboxylic acids is 1. The van der Waals surface area contributed by atoms with Gasteiger partial charge in [-0.15, -0.1) is 0 Å². The Labute approximate surface area is 135 Å². The Bertz CT molecular complexity index is 358. The molecule has 1 amide bonds. The predicted octanol–water partition coefficient (Wildman–Crippen LogP) is 2.64. The van der Waals surface area contributed by atoms with E-state index in [0.717, 1.165) is 31.8 Å². The number of alkyl carbamates (subject to hydrolysis) is 1. The number of hydrogen-bond acceptors (Lipinski definition) is 3. The van der Waals surface area contributed by atoms with Gasteiger partial charge in [-0.05, 0) is 40.0 Å². The van der Waals surface area contributed by atoms with E-state index in [1.54, 1.807) is 7.05 Å². The van der Waals surface area contributed by atoms with Gasteiger partial charge in [-0.3, -0.25) is 4.99 Å². The highest BCUT2D eigenvalue weighted by Crippen LogP contribution is 2.16. The molecule has 0 saturated carbocycles. The summed E-state index contributed by atoms with van der Waals surface area (Å²) < 4.78 is 5.37. The lowest BCUT2D eigenvalue weighted by atomic mass is 9.93. The summed E-state index contributed by atoms with van der Waals surface area (Å²) in [5.41, 5.74) is -0.852. The number of rotatable bonds is 7. The molecule has 0 fully saturated rings. The van der Waals surface area contributed by atoms with Gasteiger partial charge in [-0.2, -0.15) is 0 Å². The summed E-state index contributed by atoms with van der Waals surface area (Å²) in [6.45, 7) is 13.3. The van der Waals surface area contributed by atoms with Crippen LogP contribution in [-0.2, 0) is 4.74 Å². The molecule has 0 rings (SSSR count). The number of amides is 1. The molecule has 0 aromatic rings. The van der Waals surface area contributed by atoms with Crippen LogP contribution in [0, 0.1) is 0 Å². The molecule has 0 unspecified atom stereocenters. The number of guanidine groups is 1. The maximum absolute atomic E-state index is 12.1. The molecule has 0 saturated heterocycles. The van der Waals surface area contributed by atoms with Crippen LogP contribution < -0.4 is 16.0 Å². The van der Waals surface area contributed by atoms with Crippen molar-refractivity contribution in [3.8, 4) is 0 Å². The standard InChI is InChI=1S/C16H34N4O2/c1-8-11-18-13(17-7)19-12-16(9-2,10-3)20-14(21)22-15(4,5)6/h8-12H2,1-7H3,(H,20,21)(H2,17,18,19). The van der Waals surface area contributed by atoms with Crippen LogP contribution in [0.5, 0.6) is 0 Å². The van der Waals surface area contributed by atoms with Crippen LogP contribution in [0.3, 0.4) is 0 Å². The van der Waals surface area contributed by atoms with E-state index in [4.69, 9.17) is 4.74 Å². The minimum absolute atomic E-state index is 0.355. The summed E-state index contributed by atoms with van der Waals surface area (Å²) in [5, 5.41) is 9.53. The Morgan fingerprint density at radius 3 is 2.09 bits per heavy atom. The van der Waals surface area contributed by atoms with E-state index in [0.29, 0.717) is 6.54 Å². The molecule has 0 heterocycles. The molecular formula is C16H34N4O2. The Morgan fingerprint density at radius 1 is 1.09 bits per heavy atom. The summed E-state index contributed by atoms with van der Waals surface area (Å²) in [6, 6.07) is 0. The lowest BCUT2D eigenvalue weighted by Gasteiger charge is -2.34. The predicted molar refractivity (Wildman–Crippen MR) is 92.3 cm³/mol. The summed E-state index contributed by atoms with van der Waals surface area (Å²) in [7, 11) is 1.74. The van der Waals surface area contributed by atoms with Crippen molar-refractivity contribution in [3.05, 3.63) is 0 Å². The highest BCUT2D eigenvalue weighted by atomic mass is 16.6. The van der Waals surface area contributed by atoms with Gasteiger partial charge in [0.25, 0.3) is 0 Å². The van der Waals surface area contributed by atoms with Gasteiger partial charge in [0.2, 0.25) is 0 Å². The third-order valence-corrected chi connectivity index (χ3v) is 3.48. The molecule has 0 aliphatic carbocycles. The average molecular weight is 314 g/mol. The molecule has 0 aliphatic rings. The number of hydrogen-bond donors (Lipinski definition) is 3. The first-order valence-electron chi connectivity index (χ1n) is 8.17. The van der Waals surface area contributed by atoms with Crippen molar-refractivity contribution in [2.45, 2.75) is 71.9 Å². The summed E-state index contributed by atoms with van der Waals surface area (Å²) in [4.78, 5) is 16.3. The monoisotopic (exact) mass is 314 g/mol. The topological polar surface area (TPSA) is 74.8 Å². The molecule has 6 heteroatoms. The molecule has 0 spiro atoms. The Kier molecular flexibility index (Phi) is 8.90. The number of nitrogens with one attached hydrogen (secondary N) is 3. The van der Waals surface area contributed by atoms with Crippen LogP contribution >= 0.6 is 0 Å². The maximum atomic E-state index is 12.1. The van der Waals surface area contributed by atoms with Crippen molar-refractivity contribution in [2.75, 3.05) is 20.1 Å². The van der Waals surface area contributed by atoms with Crippen LogP contribution in [0.2, 0.25) is 0 Å². The third-order valence-electron chi connectivity index (χ3n) is 3.48. The van der Waals surface area contributed by atoms with Gasteiger partial charge in [0.05, 0.1) is 5.54 Å². The molecule has 130 valence electrons. The maximum Gasteiger partial charge on any atom is 0.408 e. The van der Waals surface area contributed by atoms with E-state index >= 15 is 0 Å². The van der Waals surface area contributed by atoms with Gasteiger partial charge in [-0.1, -0.05) is 20.8 Å². The van der Waals surface area contributed by atoms with Gasteiger partial charge in [-0.25, -0.2) is 4.79 Å². The van der Waals surface area contributed by atoms with Gasteiger partial charge in [0.1, 0.15) is 5.60 Å². The molecule has 0 bridgehead atoms. The van der Waals surface area contributed by atoms with Crippen molar-refractivity contribution >= 4 is 12.1 Å². The zero-order chi connectivity index (χ0) is 17.2. The fourth-order valence-electron chi connectivity index (χ4n) is 1.96. The van der Waals surface area contributed by atoms with Crippen LogP contribution in [0.15, 0.2) is 4.99 Å². The first kappa shape index (κ1) is 20.5. The van der Waals surface area contributed by atoms with Crippen molar-refractivity contribution in [3.63, 3.8) is 0 Å². The first-order valence-corrected chi connectivity index (χ1v) is 8.17. The zero-order valence-electron chi connectivity index (χ0n) is 15.3. The highest BCUT2D eigenvalue weighted by Gasteiger charge is 2.30. The van der Waals surface area contributed by atoms with Crippen molar-refractivity contribution in [1.29, 1.82) is 0 Å². The van der Waals surface area contributed by atoms with Gasteiger partial charge >= 0.3 is 6.09 Å². The molecule has 22 heavy (non-hydrogen) atoms. The zero-order valence-corrected chi connectivity index (χ0v) is 15.3. The second-order valence-electron chi connectivity index (χ2n) is 6.47. The number of ether oxygens (including phenoxy) is 1. The van der Waals surface area contributed by atoms with Crippen LogP contribution in [-0.4, -0.2) is 43.3 Å². The van der Waals surface area contributed by atoms with E-state index in [2.05, 4.69) is 41.7 Å². The fraction of sp³-hybridized carbons (Fsp3) is 0.875. The van der Waals surface area contributed by atoms with Gasteiger partial charge < -0.3 is 20.7 Å². The molecule has 6 nitrogen and oxygen atoms in total. The summed E-state index contributed by atoms with van der Waals surface area (Å²) in [6.07, 6.45) is 2.26. The lowest BCUT2D eigenvalue weighted by Crippen LogP contribution is -2.57. The normalized spacial score (nSPS) is 12.8. The van der Waals surface area contributed by atoms with Crippen LogP contribution in [0.4, 0.5) is 4.79 Å². The van der Waals surface area contributed by atoms with Crippen molar-refractivity contribution in [1.82, 2.24) is 16.0 Å². The van der Waals surface area contributed by atoms with E-state index in [9.17, 15) is 4.79 Å². The summed E-state index contributed by atoms with van der Waals surface area (Å²) in [5.74, 6) is 0.749. The molecule has 3 N–H and O–H groups in total. The van der Waals surface area contributed by atoms with E-state index < -0.39 is 5.60 Å². The smallest absolute Gasteiger partial charge is 0.408 e. The second kappa shape index (κ2) is 9.54. The third kappa shape index (κ3) is 8.10. The Hall–Kier alpha value is -1.46. The number of nitrogens with zero attached hydrogens (tertiary/aromatic N) is 1. The van der Waals surface area contributed by atoms with Crippen molar-refractivity contribution < 1.29 is 9.53 Å². The molecule has 0 atom stereocenters. The minimum Gasteiger partial charge on any atom is -0.444 e. The molecule has 0 aromatic heterocycles. The molecule has 0 aromatic carbocycles. The Balaban J connectivity index is 4.71. The van der Waals surface area contributed by atoms with Gasteiger partial charge in [0, 0.05) is 20.1 Å². The quantitative estimate of drug-likeness (QED) is 0.499. The Morgan fingerprint density at radius 2 is 1.68 bits per heavy atom. The largest absolute Gasteiger partial charge is 0.444 e. The van der Waals surface area contributed by atoms with Crippen LogP contribution in [0.25, 0.3) is 0 Å². The van der Waals surface area contributed by atoms with Crippen LogP contribution in [0.1, 0.15) is 60.8 Å². The highest BCUT2D eigenvalue weighted by molar-refractivity contribution is 5.79. The van der Waals surface area contributed by atoms with Gasteiger partial charge in [0.15, 0.2) is 5.96 Å². The molecule has 0 aliphatic heterocycles. The number of carbonyl (C=O) groups is 1. The number of aliphatic imine (C=N–C) groups is 1. The first-order chi connectivity index (χ1) is 10.2. The fourth-order valence-corrected chi connectivity index (χ4v) is 1.96. The average Bonchev–Trinajstić information content (AvgIpc) is 2.44. The summed E-state index contributed by atoms with van der Waals surface area (Å²) >= 11 is 0. The van der Waals surface area contributed by atoms with E-state index in [-0.39, 0.29) is 11.6 Å².